The van der Waals surface area contributed by atoms with Gasteiger partial charge in [-0.05, 0) is 58.1 Å². The zero-order valence-corrected chi connectivity index (χ0v) is 26.5. The van der Waals surface area contributed by atoms with Gasteiger partial charge in [-0.3, -0.25) is 14.5 Å². The molecule has 0 radical (unpaired) electrons. The second kappa shape index (κ2) is 13.6. The number of rotatable bonds is 9. The summed E-state index contributed by atoms with van der Waals surface area (Å²) in [7, 11) is 0. The number of amides is 2. The monoisotopic (exact) mass is 643 g/mol. The van der Waals surface area contributed by atoms with Crippen molar-refractivity contribution in [1.82, 2.24) is 14.9 Å². The Balaban J connectivity index is 1.14. The number of ether oxygens (including phenoxy) is 2. The van der Waals surface area contributed by atoms with E-state index < -0.39 is 6.29 Å². The Kier molecular flexibility index (Phi) is 8.95. The van der Waals surface area contributed by atoms with E-state index in [-0.39, 0.29) is 43.1 Å². The van der Waals surface area contributed by atoms with Gasteiger partial charge in [-0.15, -0.1) is 0 Å². The Bertz CT molecular complexity index is 1870. The van der Waals surface area contributed by atoms with Crippen molar-refractivity contribution in [2.45, 2.75) is 43.7 Å². The van der Waals surface area contributed by atoms with E-state index in [1.54, 1.807) is 54.5 Å². The van der Waals surface area contributed by atoms with Gasteiger partial charge in [0.1, 0.15) is 0 Å². The Morgan fingerprint density at radius 1 is 0.745 bits per heavy atom. The number of fused-ring (bicyclic) bond motifs is 1. The number of aromatic nitrogens is 2. The van der Waals surface area contributed by atoms with E-state index in [9.17, 15) is 14.7 Å². The molecule has 1 N–H and O–H groups in total. The molecule has 1 aromatic heterocycles. The van der Waals surface area contributed by atoms with E-state index in [4.69, 9.17) is 9.47 Å². The summed E-state index contributed by atoms with van der Waals surface area (Å²) < 4.78 is 13.3. The summed E-state index contributed by atoms with van der Waals surface area (Å²) in [6.45, 7) is 2.30. The summed E-state index contributed by atoms with van der Waals surface area (Å²) in [6, 6.07) is 32.6. The Morgan fingerprint density at radius 2 is 1.43 bits per heavy atom. The van der Waals surface area contributed by atoms with Crippen LogP contribution in [0.3, 0.4) is 0 Å². The second-order valence-corrected chi connectivity index (χ2v) is 12.7. The van der Waals surface area contributed by atoms with Crippen LogP contribution in [0.25, 0.3) is 11.1 Å². The molecule has 4 atom stereocenters. The van der Waals surface area contributed by atoms with Crippen LogP contribution in [0.2, 0.25) is 0 Å². The van der Waals surface area contributed by atoms with Crippen LogP contribution in [0.1, 0.15) is 62.3 Å². The number of nitrogens with zero attached hydrogens (tertiary/aromatic N) is 3. The molecular formula is C38H33N3O5S. The third-order valence-corrected chi connectivity index (χ3v) is 9.64. The van der Waals surface area contributed by atoms with Crippen molar-refractivity contribution in [3.8, 4) is 11.1 Å². The minimum Gasteiger partial charge on any atom is -0.392 e. The summed E-state index contributed by atoms with van der Waals surface area (Å²) in [4.78, 5) is 36.0. The standard InChI is InChI=1S/C38H33N3O5S/c1-24-33(23-47-38-39-17-6-18-40-38)45-37(46-34(24)27-15-13-25(22-42)14-16-27)30-10-5-9-29(20-30)28-8-4-7-26(19-28)21-41-35(43)31-11-2-3-12-32(31)36(41)44/h2-20,24,33-34,37,42H,21-23H2,1H3/t24-,33+,34+,37+/m1/s1. The Morgan fingerprint density at radius 3 is 2.13 bits per heavy atom. The first-order valence-electron chi connectivity index (χ1n) is 15.5. The molecule has 2 aliphatic heterocycles. The fourth-order valence-corrected chi connectivity index (χ4v) is 7.07. The number of hydrogen-bond acceptors (Lipinski definition) is 8. The van der Waals surface area contributed by atoms with Crippen molar-refractivity contribution in [2.24, 2.45) is 5.92 Å². The first kappa shape index (κ1) is 31.0. The van der Waals surface area contributed by atoms with E-state index >= 15 is 0 Å². The van der Waals surface area contributed by atoms with Gasteiger partial charge in [-0.1, -0.05) is 91.5 Å². The van der Waals surface area contributed by atoms with Crippen molar-refractivity contribution in [3.05, 3.63) is 149 Å². The largest absolute Gasteiger partial charge is 0.392 e. The molecule has 8 nitrogen and oxygen atoms in total. The van der Waals surface area contributed by atoms with Gasteiger partial charge in [0.05, 0.1) is 36.5 Å². The van der Waals surface area contributed by atoms with Crippen LogP contribution in [0, 0.1) is 5.92 Å². The summed E-state index contributed by atoms with van der Waals surface area (Å²) in [6.07, 6.45) is 2.45. The molecule has 2 amide bonds. The van der Waals surface area contributed by atoms with Crippen molar-refractivity contribution in [1.29, 1.82) is 0 Å². The minimum absolute atomic E-state index is 0.0181. The zero-order valence-electron chi connectivity index (χ0n) is 25.7. The summed E-state index contributed by atoms with van der Waals surface area (Å²) in [5, 5.41) is 10.3. The normalized spacial score (nSPS) is 20.8. The molecule has 9 heteroatoms. The summed E-state index contributed by atoms with van der Waals surface area (Å²) in [5.41, 5.74) is 6.40. The number of benzene rings is 4. The van der Waals surface area contributed by atoms with Gasteiger partial charge in [-0.25, -0.2) is 9.97 Å². The number of carbonyl (C=O) groups is 2. The van der Waals surface area contributed by atoms with Crippen molar-refractivity contribution >= 4 is 23.6 Å². The molecule has 4 aromatic carbocycles. The van der Waals surface area contributed by atoms with Gasteiger partial charge in [-0.2, -0.15) is 0 Å². The zero-order chi connectivity index (χ0) is 32.3. The van der Waals surface area contributed by atoms with Gasteiger partial charge in [0.15, 0.2) is 11.4 Å². The van der Waals surface area contributed by atoms with E-state index in [1.807, 2.05) is 66.7 Å². The number of aliphatic hydroxyl groups is 1. The van der Waals surface area contributed by atoms with Crippen molar-refractivity contribution in [2.75, 3.05) is 5.75 Å². The summed E-state index contributed by atoms with van der Waals surface area (Å²) in [5.74, 6) is 0.136. The predicted octanol–water partition coefficient (Wildman–Crippen LogP) is 7.02. The lowest BCUT2D eigenvalue weighted by molar-refractivity contribution is -0.268. The fraction of sp³-hybridized carbons (Fsp3) is 0.211. The van der Waals surface area contributed by atoms with Crippen LogP contribution < -0.4 is 0 Å². The Labute approximate surface area is 277 Å². The molecule has 7 rings (SSSR count). The van der Waals surface area contributed by atoms with Crippen LogP contribution in [0.4, 0.5) is 0 Å². The Hall–Kier alpha value is -4.67. The van der Waals surface area contributed by atoms with Gasteiger partial charge in [0, 0.05) is 29.6 Å². The fourth-order valence-electron chi connectivity index (χ4n) is 6.11. The SMILES string of the molecule is C[C@@H]1[C@H](CSc2ncccn2)O[C@H](c2cccc(-c3cccc(CN4C(=O)c5ccccc5C4=O)c3)c2)O[C@@H]1c1ccc(CO)cc1. The van der Waals surface area contributed by atoms with Gasteiger partial charge in [0.2, 0.25) is 0 Å². The molecule has 1 saturated heterocycles. The average Bonchev–Trinajstić information content (AvgIpc) is 3.36. The van der Waals surface area contributed by atoms with Crippen molar-refractivity contribution < 1.29 is 24.2 Å². The number of thioether (sulfide) groups is 1. The van der Waals surface area contributed by atoms with E-state index in [0.29, 0.717) is 22.0 Å². The molecule has 0 bridgehead atoms. The van der Waals surface area contributed by atoms with Gasteiger partial charge in [0.25, 0.3) is 11.8 Å². The van der Waals surface area contributed by atoms with Crippen LogP contribution >= 0.6 is 11.8 Å². The lowest BCUT2D eigenvalue weighted by atomic mass is 9.91. The molecule has 0 saturated carbocycles. The van der Waals surface area contributed by atoms with E-state index in [1.165, 1.54) is 4.90 Å². The number of imide groups is 1. The third kappa shape index (κ3) is 6.48. The summed E-state index contributed by atoms with van der Waals surface area (Å²) >= 11 is 1.55. The van der Waals surface area contributed by atoms with Gasteiger partial charge >= 0.3 is 0 Å². The van der Waals surface area contributed by atoms with Crippen LogP contribution in [-0.2, 0) is 22.6 Å². The highest BCUT2D eigenvalue weighted by atomic mass is 32.2. The molecule has 0 spiro atoms. The maximum Gasteiger partial charge on any atom is 0.261 e. The maximum absolute atomic E-state index is 13.0. The third-order valence-electron chi connectivity index (χ3n) is 8.68. The second-order valence-electron chi connectivity index (χ2n) is 11.7. The molecule has 0 aliphatic carbocycles. The molecule has 0 unspecified atom stereocenters. The number of aliphatic hydroxyl groups excluding tert-OH is 1. The van der Waals surface area contributed by atoms with Crippen molar-refractivity contribution in [3.63, 3.8) is 0 Å². The van der Waals surface area contributed by atoms with Gasteiger partial charge < -0.3 is 14.6 Å². The first-order chi connectivity index (χ1) is 23.0. The molecule has 3 heterocycles. The molecule has 236 valence electrons. The topological polar surface area (TPSA) is 102 Å². The van der Waals surface area contributed by atoms with Crippen LogP contribution in [0.5, 0.6) is 0 Å². The molecule has 2 aliphatic rings. The lowest BCUT2D eigenvalue weighted by Crippen LogP contribution is -2.38. The highest BCUT2D eigenvalue weighted by molar-refractivity contribution is 7.99. The first-order valence-corrected chi connectivity index (χ1v) is 16.5. The molecule has 5 aromatic rings. The molecule has 47 heavy (non-hydrogen) atoms. The number of hydrogen-bond donors (Lipinski definition) is 1. The molecular weight excluding hydrogens is 611 g/mol. The van der Waals surface area contributed by atoms with E-state index in [2.05, 4.69) is 23.0 Å². The number of carbonyl (C=O) groups excluding carboxylic acids is 2. The molecule has 1 fully saturated rings. The highest BCUT2D eigenvalue weighted by Crippen LogP contribution is 2.43. The smallest absolute Gasteiger partial charge is 0.261 e. The van der Waals surface area contributed by atoms with Crippen LogP contribution in [-0.4, -0.2) is 43.6 Å². The highest BCUT2D eigenvalue weighted by Gasteiger charge is 2.39. The minimum atomic E-state index is -0.627. The maximum atomic E-state index is 13.0. The van der Waals surface area contributed by atoms with E-state index in [0.717, 1.165) is 33.4 Å². The average molecular weight is 644 g/mol. The predicted molar refractivity (Wildman–Crippen MR) is 178 cm³/mol. The quantitative estimate of drug-likeness (QED) is 0.104. The lowest BCUT2D eigenvalue weighted by Gasteiger charge is -2.41. The van der Waals surface area contributed by atoms with Crippen LogP contribution in [0.15, 0.2) is 121 Å².